The van der Waals surface area contributed by atoms with E-state index < -0.39 is 0 Å². The van der Waals surface area contributed by atoms with Crippen LogP contribution in [0.4, 0.5) is 11.8 Å². The molecule has 5 nitrogen and oxygen atoms in total. The minimum absolute atomic E-state index is 0.627. The molecule has 2 aromatic heterocycles. The molecule has 1 aromatic carbocycles. The smallest absolute Gasteiger partial charge is 0.225 e. The van der Waals surface area contributed by atoms with Gasteiger partial charge in [0.15, 0.2) is 0 Å². The van der Waals surface area contributed by atoms with Gasteiger partial charge in [-0.25, -0.2) is 4.98 Å². The van der Waals surface area contributed by atoms with Gasteiger partial charge in [-0.1, -0.05) is 42.0 Å². The van der Waals surface area contributed by atoms with Gasteiger partial charge in [-0.05, 0) is 49.8 Å². The van der Waals surface area contributed by atoms with Crippen LogP contribution in [0.5, 0.6) is 0 Å². The van der Waals surface area contributed by atoms with E-state index in [0.29, 0.717) is 12.5 Å². The molecule has 5 heteroatoms. The minimum atomic E-state index is 0.627. The Bertz CT molecular complexity index is 938. The molecule has 3 aromatic rings. The van der Waals surface area contributed by atoms with E-state index in [1.54, 1.807) is 18.0 Å². The van der Waals surface area contributed by atoms with Crippen LogP contribution in [0.2, 0.25) is 0 Å². The molecule has 148 valence electrons. The van der Waals surface area contributed by atoms with Crippen LogP contribution in [0.3, 0.4) is 0 Å². The monoisotopic (exact) mass is 385 g/mol. The van der Waals surface area contributed by atoms with Crippen molar-refractivity contribution in [2.24, 2.45) is 0 Å². The van der Waals surface area contributed by atoms with E-state index in [9.17, 15) is 0 Å². The molecule has 0 saturated heterocycles. The van der Waals surface area contributed by atoms with Crippen molar-refractivity contribution in [3.05, 3.63) is 78.1 Å². The molecule has 2 N–H and O–H groups in total. The number of anilines is 2. The van der Waals surface area contributed by atoms with Gasteiger partial charge < -0.3 is 10.6 Å². The topological polar surface area (TPSA) is 62.7 Å². The maximum atomic E-state index is 4.73. The van der Waals surface area contributed by atoms with Crippen LogP contribution in [-0.4, -0.2) is 21.5 Å². The van der Waals surface area contributed by atoms with Gasteiger partial charge in [0, 0.05) is 37.1 Å². The van der Waals surface area contributed by atoms with Gasteiger partial charge in [0.1, 0.15) is 5.82 Å². The number of pyridine rings is 1. The molecule has 2 heterocycles. The maximum absolute atomic E-state index is 4.73. The molecule has 0 amide bonds. The molecule has 0 radical (unpaired) electrons. The number of aromatic nitrogens is 3. The Balaban J connectivity index is 1.48. The SMILES string of the molecule is C1=C(CCNc2cc(-c3ccccc3)nc(NCc3ccncc3)n2)CCCC1. The van der Waals surface area contributed by atoms with E-state index in [0.717, 1.165) is 35.6 Å². The van der Waals surface area contributed by atoms with Gasteiger partial charge in [-0.3, -0.25) is 4.98 Å². The summed E-state index contributed by atoms with van der Waals surface area (Å²) in [5.41, 5.74) is 4.71. The first-order chi connectivity index (χ1) is 14.4. The third kappa shape index (κ3) is 5.64. The first kappa shape index (κ1) is 19.1. The Kier molecular flexibility index (Phi) is 6.48. The van der Waals surface area contributed by atoms with Gasteiger partial charge in [0.05, 0.1) is 5.69 Å². The Morgan fingerprint density at radius 3 is 2.55 bits per heavy atom. The molecule has 0 saturated carbocycles. The fourth-order valence-corrected chi connectivity index (χ4v) is 3.54. The molecule has 1 aliphatic carbocycles. The summed E-state index contributed by atoms with van der Waals surface area (Å²) in [6, 6.07) is 16.2. The van der Waals surface area contributed by atoms with Crippen LogP contribution in [-0.2, 0) is 6.54 Å². The van der Waals surface area contributed by atoms with Crippen LogP contribution in [0.15, 0.2) is 72.6 Å². The van der Waals surface area contributed by atoms with Gasteiger partial charge in [0.2, 0.25) is 5.95 Å². The van der Waals surface area contributed by atoms with Crippen molar-refractivity contribution in [3.8, 4) is 11.3 Å². The maximum Gasteiger partial charge on any atom is 0.225 e. The number of benzene rings is 1. The van der Waals surface area contributed by atoms with E-state index in [1.165, 1.54) is 25.7 Å². The zero-order valence-electron chi connectivity index (χ0n) is 16.6. The lowest BCUT2D eigenvalue weighted by Gasteiger charge is -2.14. The minimum Gasteiger partial charge on any atom is -0.370 e. The number of hydrogen-bond acceptors (Lipinski definition) is 5. The summed E-state index contributed by atoms with van der Waals surface area (Å²) in [6.07, 6.45) is 12.2. The molecule has 0 atom stereocenters. The van der Waals surface area contributed by atoms with Crippen molar-refractivity contribution in [3.63, 3.8) is 0 Å². The second-order valence-electron chi connectivity index (χ2n) is 7.32. The van der Waals surface area contributed by atoms with Crippen molar-refractivity contribution in [1.29, 1.82) is 0 Å². The number of rotatable bonds is 8. The zero-order chi connectivity index (χ0) is 19.7. The number of hydrogen-bond donors (Lipinski definition) is 2. The second kappa shape index (κ2) is 9.82. The number of nitrogens with zero attached hydrogens (tertiary/aromatic N) is 3. The molecule has 0 unspecified atom stereocenters. The van der Waals surface area contributed by atoms with Crippen molar-refractivity contribution < 1.29 is 0 Å². The predicted molar refractivity (Wildman–Crippen MR) is 119 cm³/mol. The zero-order valence-corrected chi connectivity index (χ0v) is 16.6. The summed E-state index contributed by atoms with van der Waals surface area (Å²) in [4.78, 5) is 13.5. The summed E-state index contributed by atoms with van der Waals surface area (Å²) >= 11 is 0. The first-order valence-corrected chi connectivity index (χ1v) is 10.4. The van der Waals surface area contributed by atoms with Crippen LogP contribution in [0.25, 0.3) is 11.3 Å². The summed E-state index contributed by atoms with van der Waals surface area (Å²) < 4.78 is 0. The van der Waals surface area contributed by atoms with Gasteiger partial charge in [0.25, 0.3) is 0 Å². The molecule has 0 aliphatic heterocycles. The highest BCUT2D eigenvalue weighted by molar-refractivity contribution is 5.64. The fourth-order valence-electron chi connectivity index (χ4n) is 3.54. The van der Waals surface area contributed by atoms with E-state index >= 15 is 0 Å². The van der Waals surface area contributed by atoms with E-state index in [-0.39, 0.29) is 0 Å². The molecule has 1 aliphatic rings. The van der Waals surface area contributed by atoms with E-state index in [1.807, 2.05) is 36.4 Å². The molecule has 0 spiro atoms. The average Bonchev–Trinajstić information content (AvgIpc) is 2.80. The van der Waals surface area contributed by atoms with E-state index in [2.05, 4.69) is 38.8 Å². The Morgan fingerprint density at radius 1 is 0.897 bits per heavy atom. The second-order valence-corrected chi connectivity index (χ2v) is 7.32. The third-order valence-corrected chi connectivity index (χ3v) is 5.13. The summed E-state index contributed by atoms with van der Waals surface area (Å²) in [6.45, 7) is 1.55. The Morgan fingerprint density at radius 2 is 1.76 bits per heavy atom. The largest absolute Gasteiger partial charge is 0.370 e. The summed E-state index contributed by atoms with van der Waals surface area (Å²) in [5, 5.41) is 6.85. The van der Waals surface area contributed by atoms with Crippen molar-refractivity contribution in [2.45, 2.75) is 38.6 Å². The highest BCUT2D eigenvalue weighted by atomic mass is 15.1. The average molecular weight is 386 g/mol. The van der Waals surface area contributed by atoms with Crippen molar-refractivity contribution in [1.82, 2.24) is 15.0 Å². The van der Waals surface area contributed by atoms with Crippen LogP contribution in [0, 0.1) is 0 Å². The highest BCUT2D eigenvalue weighted by Gasteiger charge is 2.08. The van der Waals surface area contributed by atoms with Crippen molar-refractivity contribution >= 4 is 11.8 Å². The van der Waals surface area contributed by atoms with Crippen LogP contribution in [0.1, 0.15) is 37.7 Å². The third-order valence-electron chi connectivity index (χ3n) is 5.13. The summed E-state index contributed by atoms with van der Waals surface area (Å²) in [5.74, 6) is 1.48. The number of allylic oxidation sites excluding steroid dienone is 1. The molecular formula is C24H27N5. The normalized spacial score (nSPS) is 13.6. The molecule has 0 fully saturated rings. The number of nitrogens with one attached hydrogen (secondary N) is 2. The highest BCUT2D eigenvalue weighted by Crippen LogP contribution is 2.23. The Hall–Kier alpha value is -3.21. The first-order valence-electron chi connectivity index (χ1n) is 10.4. The Labute approximate surface area is 172 Å². The lowest BCUT2D eigenvalue weighted by atomic mass is 9.97. The van der Waals surface area contributed by atoms with Crippen LogP contribution >= 0.6 is 0 Å². The molecule has 4 rings (SSSR count). The fraction of sp³-hybridized carbons (Fsp3) is 0.292. The lowest BCUT2D eigenvalue weighted by molar-refractivity contribution is 0.679. The van der Waals surface area contributed by atoms with Gasteiger partial charge in [-0.15, -0.1) is 0 Å². The van der Waals surface area contributed by atoms with Gasteiger partial charge in [-0.2, -0.15) is 4.98 Å². The lowest BCUT2D eigenvalue weighted by Crippen LogP contribution is -2.09. The molecule has 29 heavy (non-hydrogen) atoms. The standard InChI is InChI=1S/C24H27N5/c1-3-7-19(8-4-1)13-16-26-23-17-22(21-9-5-2-6-10-21)28-24(29-23)27-18-20-11-14-25-15-12-20/h2,5-7,9-12,14-15,17H,1,3-4,8,13,16,18H2,(H2,26,27,28,29). The molecule has 0 bridgehead atoms. The summed E-state index contributed by atoms with van der Waals surface area (Å²) in [7, 11) is 0. The quantitative estimate of drug-likeness (QED) is 0.505. The molecular weight excluding hydrogens is 358 g/mol. The van der Waals surface area contributed by atoms with Crippen LogP contribution < -0.4 is 10.6 Å². The van der Waals surface area contributed by atoms with Gasteiger partial charge >= 0.3 is 0 Å². The van der Waals surface area contributed by atoms with E-state index in [4.69, 9.17) is 4.98 Å². The van der Waals surface area contributed by atoms with Crippen molar-refractivity contribution in [2.75, 3.05) is 17.2 Å². The predicted octanol–water partition coefficient (Wildman–Crippen LogP) is 5.45.